The van der Waals surface area contributed by atoms with Crippen molar-refractivity contribution in [1.82, 2.24) is 9.88 Å². The van der Waals surface area contributed by atoms with E-state index in [9.17, 15) is 4.79 Å². The topological polar surface area (TPSA) is 47.2 Å². The Kier molecular flexibility index (Phi) is 3.07. The van der Waals surface area contributed by atoms with E-state index in [-0.39, 0.29) is 5.91 Å². The smallest absolute Gasteiger partial charge is 0.268 e. The van der Waals surface area contributed by atoms with Crippen molar-refractivity contribution in [2.75, 3.05) is 0 Å². The molecule has 3 aromatic rings. The SMILES string of the molecule is O=C(NCc1ccco1)c1cc2sccc2n1CC1CC1. The van der Waals surface area contributed by atoms with Crippen LogP contribution in [0.15, 0.2) is 40.3 Å². The fraction of sp³-hybridized carbons (Fsp3) is 0.312. The van der Waals surface area contributed by atoms with Gasteiger partial charge < -0.3 is 14.3 Å². The lowest BCUT2D eigenvalue weighted by atomic mass is 10.3. The molecule has 1 saturated carbocycles. The number of carbonyl (C=O) groups excluding carboxylic acids is 1. The highest BCUT2D eigenvalue weighted by Gasteiger charge is 2.25. The Bertz CT molecular complexity index is 766. The molecule has 4 nitrogen and oxygen atoms in total. The van der Waals surface area contributed by atoms with Crippen molar-refractivity contribution in [2.45, 2.75) is 25.9 Å². The maximum Gasteiger partial charge on any atom is 0.268 e. The van der Waals surface area contributed by atoms with Gasteiger partial charge in [-0.2, -0.15) is 0 Å². The minimum atomic E-state index is -0.0320. The standard InChI is InChI=1S/C16H16N2O2S/c19-16(17-9-12-2-1-6-20-12)14-8-15-13(5-7-21-15)18(14)10-11-3-4-11/h1-2,5-8,11H,3-4,9-10H2,(H,17,19). The van der Waals surface area contributed by atoms with Crippen LogP contribution in [0, 0.1) is 5.92 Å². The number of amides is 1. The minimum Gasteiger partial charge on any atom is -0.467 e. The summed E-state index contributed by atoms with van der Waals surface area (Å²) >= 11 is 1.68. The van der Waals surface area contributed by atoms with Crippen molar-refractivity contribution < 1.29 is 9.21 Å². The van der Waals surface area contributed by atoms with E-state index in [2.05, 4.69) is 21.3 Å². The van der Waals surface area contributed by atoms with Crippen LogP contribution in [-0.4, -0.2) is 10.5 Å². The van der Waals surface area contributed by atoms with E-state index in [1.165, 1.54) is 23.1 Å². The van der Waals surface area contributed by atoms with Gasteiger partial charge >= 0.3 is 0 Å². The first kappa shape index (κ1) is 12.7. The highest BCUT2D eigenvalue weighted by Crippen LogP contribution is 2.34. The number of rotatable bonds is 5. The first-order valence-electron chi connectivity index (χ1n) is 7.18. The van der Waals surface area contributed by atoms with Gasteiger partial charge in [-0.15, -0.1) is 11.3 Å². The fourth-order valence-corrected chi connectivity index (χ4v) is 3.41. The van der Waals surface area contributed by atoms with Crippen molar-refractivity contribution >= 4 is 27.5 Å². The van der Waals surface area contributed by atoms with Gasteiger partial charge in [0, 0.05) is 6.54 Å². The number of nitrogens with one attached hydrogen (secondary N) is 1. The molecule has 1 N–H and O–H groups in total. The maximum atomic E-state index is 12.5. The van der Waals surface area contributed by atoms with Gasteiger partial charge in [0.25, 0.3) is 5.91 Å². The number of thiophene rings is 1. The predicted molar refractivity (Wildman–Crippen MR) is 82.4 cm³/mol. The van der Waals surface area contributed by atoms with Crippen LogP contribution >= 0.6 is 11.3 Å². The van der Waals surface area contributed by atoms with E-state index in [0.29, 0.717) is 6.54 Å². The molecule has 3 heterocycles. The molecule has 0 saturated heterocycles. The zero-order chi connectivity index (χ0) is 14.2. The lowest BCUT2D eigenvalue weighted by Crippen LogP contribution is -2.25. The van der Waals surface area contributed by atoms with Crippen LogP contribution in [0.2, 0.25) is 0 Å². The number of carbonyl (C=O) groups is 1. The van der Waals surface area contributed by atoms with Crippen molar-refractivity contribution in [3.63, 3.8) is 0 Å². The first-order valence-corrected chi connectivity index (χ1v) is 8.06. The van der Waals surface area contributed by atoms with E-state index in [0.717, 1.165) is 23.9 Å². The van der Waals surface area contributed by atoms with E-state index < -0.39 is 0 Å². The normalized spacial score (nSPS) is 14.7. The molecule has 0 bridgehead atoms. The van der Waals surface area contributed by atoms with Crippen LogP contribution in [0.1, 0.15) is 29.1 Å². The summed E-state index contributed by atoms with van der Waals surface area (Å²) in [6.45, 7) is 1.37. The molecule has 3 aromatic heterocycles. The molecule has 1 amide bonds. The third kappa shape index (κ3) is 2.49. The van der Waals surface area contributed by atoms with Gasteiger partial charge in [-0.1, -0.05) is 0 Å². The van der Waals surface area contributed by atoms with Crippen LogP contribution in [-0.2, 0) is 13.1 Å². The quantitative estimate of drug-likeness (QED) is 0.782. The summed E-state index contributed by atoms with van der Waals surface area (Å²) in [7, 11) is 0. The second-order valence-electron chi connectivity index (χ2n) is 5.52. The zero-order valence-electron chi connectivity index (χ0n) is 11.5. The third-order valence-electron chi connectivity index (χ3n) is 3.90. The molecule has 0 spiro atoms. The van der Waals surface area contributed by atoms with Crippen molar-refractivity contribution in [3.8, 4) is 0 Å². The zero-order valence-corrected chi connectivity index (χ0v) is 12.4. The third-order valence-corrected chi connectivity index (χ3v) is 4.75. The molecular formula is C16H16N2O2S. The van der Waals surface area contributed by atoms with Gasteiger partial charge in [0.05, 0.1) is 23.0 Å². The molecular weight excluding hydrogens is 284 g/mol. The Morgan fingerprint density at radius 1 is 1.43 bits per heavy atom. The van der Waals surface area contributed by atoms with Gasteiger partial charge in [-0.3, -0.25) is 4.79 Å². The molecule has 0 radical (unpaired) electrons. The highest BCUT2D eigenvalue weighted by molar-refractivity contribution is 7.17. The van der Waals surface area contributed by atoms with Crippen LogP contribution < -0.4 is 5.32 Å². The molecule has 0 aromatic carbocycles. The molecule has 0 aliphatic heterocycles. The molecule has 0 unspecified atom stereocenters. The summed E-state index contributed by atoms with van der Waals surface area (Å²) in [5.74, 6) is 1.47. The molecule has 5 heteroatoms. The van der Waals surface area contributed by atoms with Gasteiger partial charge in [-0.25, -0.2) is 0 Å². The number of fused-ring (bicyclic) bond motifs is 1. The highest BCUT2D eigenvalue weighted by atomic mass is 32.1. The lowest BCUT2D eigenvalue weighted by Gasteiger charge is -2.09. The summed E-state index contributed by atoms with van der Waals surface area (Å²) in [5, 5.41) is 5.02. The Labute approximate surface area is 126 Å². The van der Waals surface area contributed by atoms with Gasteiger partial charge in [0.2, 0.25) is 0 Å². The number of nitrogens with zero attached hydrogens (tertiary/aromatic N) is 1. The minimum absolute atomic E-state index is 0.0320. The van der Waals surface area contributed by atoms with Crippen molar-refractivity contribution in [1.29, 1.82) is 0 Å². The first-order chi connectivity index (χ1) is 10.3. The van der Waals surface area contributed by atoms with Crippen LogP contribution in [0.4, 0.5) is 0 Å². The number of furan rings is 1. The number of hydrogen-bond donors (Lipinski definition) is 1. The molecule has 1 aliphatic rings. The summed E-state index contributed by atoms with van der Waals surface area (Å²) in [4.78, 5) is 12.5. The second-order valence-corrected chi connectivity index (χ2v) is 6.46. The monoisotopic (exact) mass is 300 g/mol. The van der Waals surface area contributed by atoms with Crippen molar-refractivity contribution in [2.24, 2.45) is 5.92 Å². The Morgan fingerprint density at radius 2 is 2.33 bits per heavy atom. The Balaban J connectivity index is 1.58. The van der Waals surface area contributed by atoms with E-state index >= 15 is 0 Å². The Hall–Kier alpha value is -2.01. The van der Waals surface area contributed by atoms with Gasteiger partial charge in [0.1, 0.15) is 11.5 Å². The average molecular weight is 300 g/mol. The molecule has 4 rings (SSSR count). The summed E-state index contributed by atoms with van der Waals surface area (Å²) in [6, 6.07) is 7.79. The maximum absolute atomic E-state index is 12.5. The summed E-state index contributed by atoms with van der Waals surface area (Å²) < 4.78 is 8.60. The van der Waals surface area contributed by atoms with Gasteiger partial charge in [-0.05, 0) is 48.4 Å². The van der Waals surface area contributed by atoms with E-state index in [1.54, 1.807) is 17.6 Å². The molecule has 1 fully saturated rings. The Morgan fingerprint density at radius 3 is 3.10 bits per heavy atom. The molecule has 1 aliphatic carbocycles. The second kappa shape index (κ2) is 5.07. The van der Waals surface area contributed by atoms with Crippen LogP contribution in [0.25, 0.3) is 10.2 Å². The summed E-state index contributed by atoms with van der Waals surface area (Å²) in [5.41, 5.74) is 1.94. The predicted octanol–water partition coefficient (Wildman–Crippen LogP) is 3.64. The summed E-state index contributed by atoms with van der Waals surface area (Å²) in [6.07, 6.45) is 4.17. The van der Waals surface area contributed by atoms with Crippen LogP contribution in [0.3, 0.4) is 0 Å². The molecule has 21 heavy (non-hydrogen) atoms. The molecule has 0 atom stereocenters. The van der Waals surface area contributed by atoms with Gasteiger partial charge in [0.15, 0.2) is 0 Å². The fourth-order valence-electron chi connectivity index (χ4n) is 2.59. The average Bonchev–Trinajstić information content (AvgIpc) is 2.92. The largest absolute Gasteiger partial charge is 0.467 e. The number of aromatic nitrogens is 1. The van der Waals surface area contributed by atoms with E-state index in [1.807, 2.05) is 18.2 Å². The molecule has 108 valence electrons. The van der Waals surface area contributed by atoms with Crippen LogP contribution in [0.5, 0.6) is 0 Å². The number of hydrogen-bond acceptors (Lipinski definition) is 3. The van der Waals surface area contributed by atoms with Crippen molar-refractivity contribution in [3.05, 3.63) is 47.4 Å². The van der Waals surface area contributed by atoms with E-state index in [4.69, 9.17) is 4.42 Å². The lowest BCUT2D eigenvalue weighted by molar-refractivity contribution is 0.0939.